The number of hydrogen-bond donors (Lipinski definition) is 0. The summed E-state index contributed by atoms with van der Waals surface area (Å²) in [5, 5.41) is 4.36. The molecule has 0 amide bonds. The van der Waals surface area contributed by atoms with Gasteiger partial charge in [0.05, 0.1) is 0 Å². The van der Waals surface area contributed by atoms with Gasteiger partial charge in [-0.25, -0.2) is 4.98 Å². The molecule has 3 heterocycles. The van der Waals surface area contributed by atoms with E-state index in [9.17, 15) is 0 Å². The molecule has 5 nitrogen and oxygen atoms in total. The molecule has 3 aromatic heterocycles. The zero-order chi connectivity index (χ0) is 25.9. The number of nitrogens with zero attached hydrogens (tertiary/aromatic N) is 3. The number of furan rings is 2. The van der Waals surface area contributed by atoms with Crippen molar-refractivity contribution in [2.24, 2.45) is 0 Å². The Morgan fingerprint density at radius 2 is 1.08 bits per heavy atom. The minimum absolute atomic E-state index is 0.136. The van der Waals surface area contributed by atoms with Crippen LogP contribution in [0.2, 0.25) is 5.28 Å². The molecule has 0 aliphatic heterocycles. The molecule has 0 aliphatic rings. The Balaban J connectivity index is 1.25. The van der Waals surface area contributed by atoms with Crippen molar-refractivity contribution in [1.29, 1.82) is 0 Å². The standard InChI is InChI=1S/C33H18ClN3O2/c34-33-36-31(35-32(37-33)21-15-16-29-26(18-21)24-10-2-3-13-27(24)38-29)20-8-5-7-19(17-20)22-11-6-12-25-23-9-1-4-14-28(23)39-30(22)25/h1-18H. The third-order valence-corrected chi connectivity index (χ3v) is 7.25. The van der Waals surface area contributed by atoms with E-state index in [1.807, 2.05) is 72.8 Å². The van der Waals surface area contributed by atoms with Crippen molar-refractivity contribution in [3.05, 3.63) is 114 Å². The first kappa shape index (κ1) is 22.0. The molecule has 5 aromatic carbocycles. The average molecular weight is 524 g/mol. The minimum atomic E-state index is 0.136. The lowest BCUT2D eigenvalue weighted by Crippen LogP contribution is -1.97. The van der Waals surface area contributed by atoms with Crippen LogP contribution in [0.1, 0.15) is 0 Å². The van der Waals surface area contributed by atoms with Gasteiger partial charge in [0, 0.05) is 38.2 Å². The summed E-state index contributed by atoms with van der Waals surface area (Å²) in [6.45, 7) is 0. The predicted molar refractivity (Wildman–Crippen MR) is 156 cm³/mol. The summed E-state index contributed by atoms with van der Waals surface area (Å²) in [6.07, 6.45) is 0. The van der Waals surface area contributed by atoms with Gasteiger partial charge in [-0.1, -0.05) is 72.8 Å². The first-order valence-corrected chi connectivity index (χ1v) is 12.9. The van der Waals surface area contributed by atoms with Gasteiger partial charge >= 0.3 is 0 Å². The first-order valence-electron chi connectivity index (χ1n) is 12.6. The number of rotatable bonds is 3. The van der Waals surface area contributed by atoms with Crippen LogP contribution in [-0.2, 0) is 0 Å². The van der Waals surface area contributed by atoms with Crippen molar-refractivity contribution in [1.82, 2.24) is 15.0 Å². The van der Waals surface area contributed by atoms with Gasteiger partial charge in [0.1, 0.15) is 22.3 Å². The first-order chi connectivity index (χ1) is 19.2. The molecular weight excluding hydrogens is 506 g/mol. The predicted octanol–water partition coefficient (Wildman–Crippen LogP) is 9.32. The molecule has 184 valence electrons. The summed E-state index contributed by atoms with van der Waals surface area (Å²) in [5.41, 5.74) is 7.05. The van der Waals surface area contributed by atoms with Gasteiger partial charge in [0.2, 0.25) is 5.28 Å². The maximum Gasteiger partial charge on any atom is 0.226 e. The molecule has 0 saturated heterocycles. The second kappa shape index (κ2) is 8.51. The van der Waals surface area contributed by atoms with Gasteiger partial charge in [-0.3, -0.25) is 0 Å². The molecule has 0 aliphatic carbocycles. The largest absolute Gasteiger partial charge is 0.456 e. The molecule has 0 unspecified atom stereocenters. The number of benzene rings is 5. The smallest absolute Gasteiger partial charge is 0.226 e. The minimum Gasteiger partial charge on any atom is -0.456 e. The Kier molecular flexibility index (Phi) is 4.81. The van der Waals surface area contributed by atoms with Crippen LogP contribution >= 0.6 is 11.6 Å². The fourth-order valence-corrected chi connectivity index (χ4v) is 5.43. The fraction of sp³-hybridized carbons (Fsp3) is 0. The van der Waals surface area contributed by atoms with Crippen molar-refractivity contribution in [2.75, 3.05) is 0 Å². The van der Waals surface area contributed by atoms with Gasteiger partial charge in [0.15, 0.2) is 11.6 Å². The molecule has 39 heavy (non-hydrogen) atoms. The highest BCUT2D eigenvalue weighted by Crippen LogP contribution is 2.37. The van der Waals surface area contributed by atoms with E-state index in [2.05, 4.69) is 46.4 Å². The van der Waals surface area contributed by atoms with Gasteiger partial charge in [-0.2, -0.15) is 9.97 Å². The van der Waals surface area contributed by atoms with Gasteiger partial charge in [-0.05, 0) is 53.6 Å². The molecule has 0 N–H and O–H groups in total. The van der Waals surface area contributed by atoms with E-state index in [0.29, 0.717) is 11.6 Å². The molecule has 0 radical (unpaired) electrons. The fourth-order valence-electron chi connectivity index (χ4n) is 5.27. The molecule has 8 aromatic rings. The van der Waals surface area contributed by atoms with E-state index in [0.717, 1.165) is 66.1 Å². The molecule has 0 saturated carbocycles. The van der Waals surface area contributed by atoms with Crippen LogP contribution < -0.4 is 0 Å². The van der Waals surface area contributed by atoms with Crippen LogP contribution in [0.3, 0.4) is 0 Å². The van der Waals surface area contributed by atoms with Crippen molar-refractivity contribution >= 4 is 55.5 Å². The molecule has 0 atom stereocenters. The van der Waals surface area contributed by atoms with Crippen molar-refractivity contribution < 1.29 is 8.83 Å². The Bertz CT molecular complexity index is 2210. The second-order valence-corrected chi connectivity index (χ2v) is 9.76. The second-order valence-electron chi connectivity index (χ2n) is 9.42. The van der Waals surface area contributed by atoms with Crippen LogP contribution in [0.4, 0.5) is 0 Å². The molecule has 0 fully saturated rings. The Morgan fingerprint density at radius 1 is 0.462 bits per heavy atom. The lowest BCUT2D eigenvalue weighted by Gasteiger charge is -2.08. The molecule has 0 spiro atoms. The number of halogens is 1. The van der Waals surface area contributed by atoms with Crippen LogP contribution in [0.25, 0.3) is 77.8 Å². The van der Waals surface area contributed by atoms with Gasteiger partial charge in [-0.15, -0.1) is 0 Å². The Morgan fingerprint density at radius 3 is 1.90 bits per heavy atom. The Hall–Kier alpha value is -5.00. The lowest BCUT2D eigenvalue weighted by atomic mass is 10.0. The highest BCUT2D eigenvalue weighted by molar-refractivity contribution is 6.28. The molecule has 0 bridgehead atoms. The summed E-state index contributed by atoms with van der Waals surface area (Å²) in [6, 6.07) is 36.3. The van der Waals surface area contributed by atoms with E-state index in [-0.39, 0.29) is 5.28 Å². The van der Waals surface area contributed by atoms with Crippen molar-refractivity contribution in [3.63, 3.8) is 0 Å². The SMILES string of the molecule is Clc1nc(-c2cccc(-c3cccc4c3oc3ccccc34)c2)nc(-c2ccc3oc4ccccc4c3c2)n1. The number of fused-ring (bicyclic) bond motifs is 6. The zero-order valence-electron chi connectivity index (χ0n) is 20.4. The topological polar surface area (TPSA) is 65.0 Å². The third kappa shape index (κ3) is 3.59. The number of hydrogen-bond acceptors (Lipinski definition) is 5. The van der Waals surface area contributed by atoms with E-state index in [1.165, 1.54) is 0 Å². The Labute approximate surface area is 227 Å². The normalized spacial score (nSPS) is 11.7. The molecule has 6 heteroatoms. The van der Waals surface area contributed by atoms with E-state index in [1.54, 1.807) is 0 Å². The number of aromatic nitrogens is 3. The highest BCUT2D eigenvalue weighted by atomic mass is 35.5. The lowest BCUT2D eigenvalue weighted by molar-refractivity contribution is 0.669. The van der Waals surface area contributed by atoms with Gasteiger partial charge < -0.3 is 8.83 Å². The average Bonchev–Trinajstić information content (AvgIpc) is 3.55. The monoisotopic (exact) mass is 523 g/mol. The summed E-state index contributed by atoms with van der Waals surface area (Å²) < 4.78 is 12.2. The molecular formula is C33H18ClN3O2. The van der Waals surface area contributed by atoms with Gasteiger partial charge in [0.25, 0.3) is 0 Å². The van der Waals surface area contributed by atoms with Crippen molar-refractivity contribution in [2.45, 2.75) is 0 Å². The van der Waals surface area contributed by atoms with E-state index < -0.39 is 0 Å². The third-order valence-electron chi connectivity index (χ3n) is 7.08. The maximum atomic E-state index is 6.43. The van der Waals surface area contributed by atoms with Crippen LogP contribution in [-0.4, -0.2) is 15.0 Å². The van der Waals surface area contributed by atoms with Crippen LogP contribution in [0, 0.1) is 0 Å². The summed E-state index contributed by atoms with van der Waals surface area (Å²) >= 11 is 6.43. The maximum absolute atomic E-state index is 6.43. The van der Waals surface area contributed by atoms with Crippen LogP contribution in [0.5, 0.6) is 0 Å². The number of para-hydroxylation sites is 3. The summed E-state index contributed by atoms with van der Waals surface area (Å²) in [7, 11) is 0. The highest BCUT2D eigenvalue weighted by Gasteiger charge is 2.15. The van der Waals surface area contributed by atoms with Crippen molar-refractivity contribution in [3.8, 4) is 33.9 Å². The van der Waals surface area contributed by atoms with E-state index >= 15 is 0 Å². The summed E-state index contributed by atoms with van der Waals surface area (Å²) in [5.74, 6) is 1.00. The van der Waals surface area contributed by atoms with Crippen LogP contribution in [0.15, 0.2) is 118 Å². The quantitative estimate of drug-likeness (QED) is 0.231. The summed E-state index contributed by atoms with van der Waals surface area (Å²) in [4.78, 5) is 13.7. The molecule has 8 rings (SSSR count). The zero-order valence-corrected chi connectivity index (χ0v) is 21.2. The van der Waals surface area contributed by atoms with E-state index in [4.69, 9.17) is 25.4 Å².